The first-order valence-corrected chi connectivity index (χ1v) is 14.0. The van der Waals surface area contributed by atoms with Crippen molar-refractivity contribution in [2.75, 3.05) is 28.7 Å². The molecule has 4 aromatic carbocycles. The molecule has 12 heteroatoms. The zero-order valence-electron chi connectivity index (χ0n) is 22.9. The lowest BCUT2D eigenvalue weighted by Crippen LogP contribution is -2.26. The van der Waals surface area contributed by atoms with Crippen molar-refractivity contribution in [2.24, 2.45) is 0 Å². The molecule has 6 nitrogen and oxygen atoms in total. The molecule has 1 aliphatic heterocycles. The van der Waals surface area contributed by atoms with Crippen LogP contribution in [0.15, 0.2) is 72.8 Å². The summed E-state index contributed by atoms with van der Waals surface area (Å²) in [5.41, 5.74) is 3.14. The Balaban J connectivity index is 1.31. The van der Waals surface area contributed by atoms with Gasteiger partial charge in [-0.15, -0.1) is 24.5 Å². The van der Waals surface area contributed by atoms with Gasteiger partial charge in [0.25, 0.3) is 0 Å². The lowest BCUT2D eigenvalue weighted by atomic mass is 9.83. The molecule has 0 fully saturated rings. The van der Waals surface area contributed by atoms with E-state index < -0.39 is 23.4 Å². The highest BCUT2D eigenvalue weighted by molar-refractivity contribution is 7.21. The van der Waals surface area contributed by atoms with E-state index in [1.807, 2.05) is 43.0 Å². The van der Waals surface area contributed by atoms with Gasteiger partial charge >= 0.3 is 6.36 Å². The predicted octanol–water partition coefficient (Wildman–Crippen LogP) is 8.76. The number of fused-ring (bicyclic) bond motifs is 2. The van der Waals surface area contributed by atoms with Gasteiger partial charge in [-0.25, -0.2) is 13.8 Å². The Kier molecular flexibility index (Phi) is 7.04. The fraction of sp³-hybridized carbons (Fsp3) is 0.194. The largest absolute Gasteiger partial charge is 0.573 e. The number of nitrogens with one attached hydrogen (secondary N) is 2. The molecule has 0 atom stereocenters. The number of nitrogens with zero attached hydrogens (tertiary/aromatic N) is 2. The number of thiazole rings is 1. The summed E-state index contributed by atoms with van der Waals surface area (Å²) in [5, 5.41) is 17.9. The Bertz CT molecular complexity index is 1820. The van der Waals surface area contributed by atoms with Crippen LogP contribution in [0.1, 0.15) is 19.4 Å². The molecule has 0 radical (unpaired) electrons. The molecule has 43 heavy (non-hydrogen) atoms. The summed E-state index contributed by atoms with van der Waals surface area (Å²) in [6.45, 7) is 4.57. The normalized spacial score (nSPS) is 14.2. The molecule has 0 saturated carbocycles. The minimum Gasteiger partial charge on any atom is -0.506 e. The average molecular weight is 613 g/mol. The van der Waals surface area contributed by atoms with Crippen molar-refractivity contribution in [2.45, 2.75) is 25.6 Å². The van der Waals surface area contributed by atoms with Crippen molar-refractivity contribution >= 4 is 44.3 Å². The standard InChI is InChI=1S/C31H25F5N4O2S/c1-30(2)15-40(23-6-4-3-5-21(23)38-16-37-18-8-10-19(11-9-18)42-31(34,35)36)28-24(41)14-20(33)26(27(28)30)29-39-22-13-17(32)7-12-25(22)43-29/h3-14,37-38,41H,15-16H2,1-2H3. The van der Waals surface area contributed by atoms with E-state index >= 15 is 4.39 Å². The molecule has 5 aromatic rings. The van der Waals surface area contributed by atoms with Gasteiger partial charge in [-0.2, -0.15) is 0 Å². The van der Waals surface area contributed by atoms with E-state index in [4.69, 9.17) is 0 Å². The zero-order chi connectivity index (χ0) is 30.5. The molecule has 0 spiro atoms. The molecule has 0 saturated heterocycles. The molecule has 0 aliphatic carbocycles. The van der Waals surface area contributed by atoms with E-state index in [0.717, 1.165) is 16.5 Å². The maximum Gasteiger partial charge on any atom is 0.573 e. The van der Waals surface area contributed by atoms with E-state index in [1.165, 1.54) is 47.7 Å². The number of aromatic nitrogens is 1. The van der Waals surface area contributed by atoms with E-state index in [9.17, 15) is 22.7 Å². The topological polar surface area (TPSA) is 69.7 Å². The van der Waals surface area contributed by atoms with Gasteiger partial charge in [-0.3, -0.25) is 0 Å². The number of anilines is 4. The Morgan fingerprint density at radius 2 is 1.74 bits per heavy atom. The van der Waals surface area contributed by atoms with Crippen molar-refractivity contribution in [1.82, 2.24) is 4.98 Å². The van der Waals surface area contributed by atoms with Crippen LogP contribution >= 0.6 is 11.3 Å². The maximum atomic E-state index is 15.6. The van der Waals surface area contributed by atoms with Gasteiger partial charge in [-0.05, 0) is 48.5 Å². The quantitative estimate of drug-likeness (QED) is 0.126. The maximum absolute atomic E-state index is 15.6. The third-order valence-corrected chi connectivity index (χ3v) is 8.20. The summed E-state index contributed by atoms with van der Waals surface area (Å²) in [7, 11) is 0. The van der Waals surface area contributed by atoms with E-state index in [1.54, 1.807) is 6.07 Å². The monoisotopic (exact) mass is 612 g/mol. The predicted molar refractivity (Wildman–Crippen MR) is 158 cm³/mol. The van der Waals surface area contributed by atoms with Crippen molar-refractivity contribution < 1.29 is 31.8 Å². The highest BCUT2D eigenvalue weighted by Gasteiger charge is 2.42. The van der Waals surface area contributed by atoms with Crippen LogP contribution in [0.2, 0.25) is 0 Å². The summed E-state index contributed by atoms with van der Waals surface area (Å²) in [6.07, 6.45) is -4.77. The smallest absolute Gasteiger partial charge is 0.506 e. The van der Waals surface area contributed by atoms with Crippen molar-refractivity contribution in [3.63, 3.8) is 0 Å². The third kappa shape index (κ3) is 5.62. The van der Waals surface area contributed by atoms with Crippen LogP contribution in [-0.2, 0) is 5.41 Å². The number of rotatable bonds is 7. The van der Waals surface area contributed by atoms with Gasteiger partial charge in [0.2, 0.25) is 0 Å². The summed E-state index contributed by atoms with van der Waals surface area (Å²) in [4.78, 5) is 6.46. The van der Waals surface area contributed by atoms with Crippen LogP contribution in [0.5, 0.6) is 11.5 Å². The number of hydrogen-bond donors (Lipinski definition) is 3. The molecule has 3 N–H and O–H groups in total. The van der Waals surface area contributed by atoms with Crippen LogP contribution in [-0.4, -0.2) is 29.7 Å². The van der Waals surface area contributed by atoms with Crippen molar-refractivity contribution in [3.05, 3.63) is 90.0 Å². The number of halogens is 5. The molecule has 222 valence electrons. The molecular weight excluding hydrogens is 587 g/mol. The Hall–Kier alpha value is -4.58. The highest BCUT2D eigenvalue weighted by atomic mass is 32.1. The van der Waals surface area contributed by atoms with E-state index in [2.05, 4.69) is 20.4 Å². The first kappa shape index (κ1) is 28.5. The lowest BCUT2D eigenvalue weighted by Gasteiger charge is -2.25. The number of aromatic hydroxyl groups is 1. The van der Waals surface area contributed by atoms with Gasteiger partial charge < -0.3 is 25.4 Å². The second-order valence-corrected chi connectivity index (χ2v) is 11.7. The molecular formula is C31H25F5N4O2S. The van der Waals surface area contributed by atoms with Gasteiger partial charge in [-0.1, -0.05) is 26.0 Å². The molecule has 0 bridgehead atoms. The first-order valence-electron chi connectivity index (χ1n) is 13.2. The van der Waals surface area contributed by atoms with Crippen LogP contribution in [0.25, 0.3) is 20.8 Å². The fourth-order valence-electron chi connectivity index (χ4n) is 5.41. The summed E-state index contributed by atoms with van der Waals surface area (Å²) >= 11 is 1.26. The number of benzene rings is 4. The zero-order valence-corrected chi connectivity index (χ0v) is 23.7. The summed E-state index contributed by atoms with van der Waals surface area (Å²) in [6, 6.07) is 18.1. The number of phenols is 1. The third-order valence-electron chi connectivity index (χ3n) is 7.15. The number of hydrogen-bond acceptors (Lipinski definition) is 7. The minimum atomic E-state index is -4.77. The summed E-state index contributed by atoms with van der Waals surface area (Å²) in [5.74, 6) is -1.59. The lowest BCUT2D eigenvalue weighted by molar-refractivity contribution is -0.274. The number of ether oxygens (including phenoxy) is 1. The number of alkyl halides is 3. The van der Waals surface area contributed by atoms with Crippen LogP contribution in [0.3, 0.4) is 0 Å². The van der Waals surface area contributed by atoms with Gasteiger partial charge in [0, 0.05) is 35.3 Å². The van der Waals surface area contributed by atoms with Gasteiger partial charge in [0.1, 0.15) is 28.1 Å². The molecule has 2 heterocycles. The second kappa shape index (κ2) is 10.6. The second-order valence-electron chi connectivity index (χ2n) is 10.7. The van der Waals surface area contributed by atoms with Gasteiger partial charge in [0.05, 0.1) is 39.5 Å². The van der Waals surface area contributed by atoms with Crippen LogP contribution in [0.4, 0.5) is 44.7 Å². The Morgan fingerprint density at radius 1 is 1.00 bits per heavy atom. The molecule has 0 unspecified atom stereocenters. The SMILES string of the molecule is CC1(C)CN(c2ccccc2NCNc2ccc(OC(F)(F)F)cc2)c2c(O)cc(F)c(-c3nc4cc(F)ccc4s3)c21. The number of phenolic OH excluding ortho intramolecular Hbond substituents is 1. The highest BCUT2D eigenvalue weighted by Crippen LogP contribution is 2.55. The Labute approximate surface area is 247 Å². The molecule has 1 aromatic heterocycles. The molecule has 1 aliphatic rings. The average Bonchev–Trinajstić information content (AvgIpc) is 3.47. The molecule has 6 rings (SSSR count). The minimum absolute atomic E-state index is 0.219. The van der Waals surface area contributed by atoms with Crippen LogP contribution in [0, 0.1) is 11.6 Å². The summed E-state index contributed by atoms with van der Waals surface area (Å²) < 4.78 is 71.4. The van der Waals surface area contributed by atoms with Crippen LogP contribution < -0.4 is 20.3 Å². The fourth-order valence-corrected chi connectivity index (χ4v) is 6.41. The van der Waals surface area contributed by atoms with E-state index in [0.29, 0.717) is 39.7 Å². The number of para-hydroxylation sites is 2. The van der Waals surface area contributed by atoms with Gasteiger partial charge in [0.15, 0.2) is 0 Å². The van der Waals surface area contributed by atoms with E-state index in [-0.39, 0.29) is 23.7 Å². The molecule has 0 amide bonds. The van der Waals surface area contributed by atoms with Crippen molar-refractivity contribution in [1.29, 1.82) is 0 Å². The first-order chi connectivity index (χ1) is 20.4. The van der Waals surface area contributed by atoms with Crippen molar-refractivity contribution in [3.8, 4) is 22.1 Å². The Morgan fingerprint density at radius 3 is 2.49 bits per heavy atom.